The molecule has 0 spiro atoms. The molecule has 1 aromatic heterocycles. The SMILES string of the molecule is CCNCCc1nnc(-c2ccc([N+](=O)[O-])c(C)c2)s1. The highest BCUT2D eigenvalue weighted by atomic mass is 32.1. The summed E-state index contributed by atoms with van der Waals surface area (Å²) < 4.78 is 0. The van der Waals surface area contributed by atoms with E-state index in [1.54, 1.807) is 19.1 Å². The Hall–Kier alpha value is -1.86. The zero-order valence-corrected chi connectivity index (χ0v) is 12.2. The van der Waals surface area contributed by atoms with Gasteiger partial charge in [-0.1, -0.05) is 18.3 Å². The molecule has 20 heavy (non-hydrogen) atoms. The molecule has 2 aromatic rings. The average Bonchev–Trinajstić information content (AvgIpc) is 2.87. The van der Waals surface area contributed by atoms with E-state index in [0.717, 1.165) is 35.1 Å². The number of hydrogen-bond acceptors (Lipinski definition) is 6. The van der Waals surface area contributed by atoms with E-state index < -0.39 is 0 Å². The fourth-order valence-corrected chi connectivity index (χ4v) is 2.67. The first-order chi connectivity index (χ1) is 9.61. The molecule has 0 bridgehead atoms. The van der Waals surface area contributed by atoms with Crippen molar-refractivity contribution < 1.29 is 4.92 Å². The molecule has 0 radical (unpaired) electrons. The molecule has 2 rings (SSSR count). The predicted molar refractivity (Wildman–Crippen MR) is 79.0 cm³/mol. The van der Waals surface area contributed by atoms with Gasteiger partial charge in [0.15, 0.2) is 0 Å². The van der Waals surface area contributed by atoms with Crippen molar-refractivity contribution in [2.45, 2.75) is 20.3 Å². The van der Waals surface area contributed by atoms with Crippen LogP contribution in [0.2, 0.25) is 0 Å². The van der Waals surface area contributed by atoms with Gasteiger partial charge in [-0.15, -0.1) is 10.2 Å². The number of nitro groups is 1. The van der Waals surface area contributed by atoms with Gasteiger partial charge in [0.2, 0.25) is 0 Å². The van der Waals surface area contributed by atoms with Crippen molar-refractivity contribution >= 4 is 17.0 Å². The highest BCUT2D eigenvalue weighted by Gasteiger charge is 2.13. The number of nitrogens with zero attached hydrogens (tertiary/aromatic N) is 3. The maximum Gasteiger partial charge on any atom is 0.272 e. The van der Waals surface area contributed by atoms with E-state index in [-0.39, 0.29) is 10.6 Å². The molecule has 7 heteroatoms. The third-order valence-electron chi connectivity index (χ3n) is 2.87. The first kappa shape index (κ1) is 14.5. The van der Waals surface area contributed by atoms with Gasteiger partial charge in [0.1, 0.15) is 10.0 Å². The van der Waals surface area contributed by atoms with E-state index >= 15 is 0 Å². The summed E-state index contributed by atoms with van der Waals surface area (Å²) in [6.07, 6.45) is 0.845. The Kier molecular flexibility index (Phi) is 4.75. The maximum atomic E-state index is 10.8. The first-order valence-electron chi connectivity index (χ1n) is 6.40. The van der Waals surface area contributed by atoms with E-state index in [2.05, 4.69) is 22.4 Å². The molecular weight excluding hydrogens is 276 g/mol. The van der Waals surface area contributed by atoms with Crippen molar-refractivity contribution in [3.8, 4) is 10.6 Å². The summed E-state index contributed by atoms with van der Waals surface area (Å²) in [6, 6.07) is 5.02. The van der Waals surface area contributed by atoms with Gasteiger partial charge in [-0.3, -0.25) is 10.1 Å². The van der Waals surface area contributed by atoms with Crippen LogP contribution in [0.5, 0.6) is 0 Å². The van der Waals surface area contributed by atoms with Crippen LogP contribution in [-0.2, 0) is 6.42 Å². The van der Waals surface area contributed by atoms with Crippen LogP contribution in [0.3, 0.4) is 0 Å². The number of nitrogens with one attached hydrogen (secondary N) is 1. The van der Waals surface area contributed by atoms with Crippen molar-refractivity contribution in [1.29, 1.82) is 0 Å². The van der Waals surface area contributed by atoms with Crippen molar-refractivity contribution in [2.24, 2.45) is 0 Å². The lowest BCUT2D eigenvalue weighted by atomic mass is 10.1. The quantitative estimate of drug-likeness (QED) is 0.503. The number of rotatable bonds is 6. The van der Waals surface area contributed by atoms with Gasteiger partial charge >= 0.3 is 0 Å². The highest BCUT2D eigenvalue weighted by Crippen LogP contribution is 2.28. The van der Waals surface area contributed by atoms with E-state index in [9.17, 15) is 10.1 Å². The Balaban J connectivity index is 2.15. The smallest absolute Gasteiger partial charge is 0.272 e. The van der Waals surface area contributed by atoms with E-state index in [1.807, 2.05) is 0 Å². The van der Waals surface area contributed by atoms with Crippen LogP contribution < -0.4 is 5.32 Å². The lowest BCUT2D eigenvalue weighted by Gasteiger charge is -1.99. The number of hydrogen-bond donors (Lipinski definition) is 1. The van der Waals surface area contributed by atoms with Gasteiger partial charge in [0.05, 0.1) is 4.92 Å². The summed E-state index contributed by atoms with van der Waals surface area (Å²) in [7, 11) is 0. The third-order valence-corrected chi connectivity index (χ3v) is 3.91. The molecule has 0 saturated heterocycles. The Labute approximate surface area is 121 Å². The Bertz CT molecular complexity index is 612. The van der Waals surface area contributed by atoms with Crippen LogP contribution in [0.15, 0.2) is 18.2 Å². The van der Waals surface area contributed by atoms with Crippen molar-refractivity contribution in [3.63, 3.8) is 0 Å². The summed E-state index contributed by atoms with van der Waals surface area (Å²) in [5.74, 6) is 0. The Morgan fingerprint density at radius 2 is 2.20 bits per heavy atom. The third kappa shape index (κ3) is 3.37. The monoisotopic (exact) mass is 292 g/mol. The van der Waals surface area contributed by atoms with Crippen LogP contribution in [0.4, 0.5) is 5.69 Å². The van der Waals surface area contributed by atoms with Gasteiger partial charge in [0, 0.05) is 30.2 Å². The largest absolute Gasteiger partial charge is 0.317 e. The van der Waals surface area contributed by atoms with Crippen molar-refractivity contribution in [2.75, 3.05) is 13.1 Å². The van der Waals surface area contributed by atoms with Crippen LogP contribution in [0.25, 0.3) is 10.6 Å². The molecule has 1 aromatic carbocycles. The van der Waals surface area contributed by atoms with E-state index in [4.69, 9.17) is 0 Å². The molecule has 0 saturated carbocycles. The van der Waals surface area contributed by atoms with Crippen LogP contribution in [-0.4, -0.2) is 28.2 Å². The second kappa shape index (κ2) is 6.53. The minimum Gasteiger partial charge on any atom is -0.317 e. The summed E-state index contributed by atoms with van der Waals surface area (Å²) in [5, 5.41) is 24.1. The molecule has 0 atom stereocenters. The minimum atomic E-state index is -0.374. The summed E-state index contributed by atoms with van der Waals surface area (Å²) in [5.41, 5.74) is 1.64. The zero-order valence-electron chi connectivity index (χ0n) is 11.4. The molecule has 0 aliphatic heterocycles. The van der Waals surface area contributed by atoms with Crippen molar-refractivity contribution in [1.82, 2.24) is 15.5 Å². The van der Waals surface area contributed by atoms with Gasteiger partial charge in [0.25, 0.3) is 5.69 Å². The van der Waals surface area contributed by atoms with Gasteiger partial charge in [-0.2, -0.15) is 0 Å². The minimum absolute atomic E-state index is 0.130. The molecule has 0 unspecified atom stereocenters. The molecule has 0 aliphatic rings. The lowest BCUT2D eigenvalue weighted by Crippen LogP contribution is -2.15. The summed E-state index contributed by atoms with van der Waals surface area (Å²) in [4.78, 5) is 10.4. The number of likely N-dealkylation sites (N-methyl/N-ethyl adjacent to an activating group) is 1. The van der Waals surface area contributed by atoms with E-state index in [0.29, 0.717) is 5.56 Å². The Morgan fingerprint density at radius 1 is 1.40 bits per heavy atom. The number of aromatic nitrogens is 2. The van der Waals surface area contributed by atoms with E-state index in [1.165, 1.54) is 17.4 Å². The maximum absolute atomic E-state index is 10.8. The Morgan fingerprint density at radius 3 is 2.85 bits per heavy atom. The molecular formula is C13H16N4O2S. The van der Waals surface area contributed by atoms with Crippen molar-refractivity contribution in [3.05, 3.63) is 38.9 Å². The summed E-state index contributed by atoms with van der Waals surface area (Å²) in [6.45, 7) is 5.61. The first-order valence-corrected chi connectivity index (χ1v) is 7.22. The topological polar surface area (TPSA) is 81.0 Å². The molecule has 106 valence electrons. The average molecular weight is 292 g/mol. The molecule has 1 heterocycles. The van der Waals surface area contributed by atoms with Crippen LogP contribution in [0.1, 0.15) is 17.5 Å². The summed E-state index contributed by atoms with van der Waals surface area (Å²) >= 11 is 1.53. The number of benzene rings is 1. The molecule has 6 nitrogen and oxygen atoms in total. The van der Waals surface area contributed by atoms with Gasteiger partial charge in [-0.05, 0) is 25.6 Å². The highest BCUT2D eigenvalue weighted by molar-refractivity contribution is 7.14. The zero-order chi connectivity index (χ0) is 14.5. The van der Waals surface area contributed by atoms with Crippen LogP contribution in [0, 0.1) is 17.0 Å². The fraction of sp³-hybridized carbons (Fsp3) is 0.385. The lowest BCUT2D eigenvalue weighted by molar-refractivity contribution is -0.385. The molecule has 1 N–H and O–H groups in total. The molecule has 0 amide bonds. The van der Waals surface area contributed by atoms with Gasteiger partial charge < -0.3 is 5.32 Å². The fourth-order valence-electron chi connectivity index (χ4n) is 1.84. The normalized spacial score (nSPS) is 10.7. The van der Waals surface area contributed by atoms with Crippen LogP contribution >= 0.6 is 11.3 Å². The second-order valence-corrected chi connectivity index (χ2v) is 5.42. The number of aryl methyl sites for hydroxylation is 1. The predicted octanol–water partition coefficient (Wildman–Crippen LogP) is 2.57. The van der Waals surface area contributed by atoms with Gasteiger partial charge in [-0.25, -0.2) is 0 Å². The molecule has 0 fully saturated rings. The second-order valence-electron chi connectivity index (χ2n) is 4.36. The number of nitro benzene ring substituents is 1. The molecule has 0 aliphatic carbocycles. The standard InChI is InChI=1S/C13H16N4O2S/c1-3-14-7-6-12-15-16-13(20-12)10-4-5-11(17(18)19)9(2)8-10/h4-5,8,14H,3,6-7H2,1-2H3.